The van der Waals surface area contributed by atoms with Crippen LogP contribution in [0, 0.1) is 12.3 Å². The van der Waals surface area contributed by atoms with Crippen LogP contribution in [0.2, 0.25) is 0 Å². The van der Waals surface area contributed by atoms with Gasteiger partial charge in [0.05, 0.1) is 7.11 Å². The average molecular weight is 206 g/mol. The van der Waals surface area contributed by atoms with Gasteiger partial charge in [-0.2, -0.15) is 0 Å². The lowest BCUT2D eigenvalue weighted by Crippen LogP contribution is -2.10. The van der Waals surface area contributed by atoms with Crippen LogP contribution in [0.15, 0.2) is 0 Å². The normalized spacial score (nSPS) is 14.2. The Kier molecular flexibility index (Phi) is 5.40. The Bertz CT molecular complexity index is 254. The van der Waals surface area contributed by atoms with Crippen LogP contribution < -0.4 is 0 Å². The third kappa shape index (κ3) is 4.69. The van der Waals surface area contributed by atoms with E-state index in [4.69, 9.17) is 10.9 Å². The fraction of sp³-hybridized carbons (Fsp3) is 0.571. The molecule has 0 heterocycles. The van der Waals surface area contributed by atoms with Crippen molar-refractivity contribution < 1.29 is 23.1 Å². The molecule has 6 heteroatoms. The molecule has 0 aromatic rings. The first-order chi connectivity index (χ1) is 6.08. The quantitative estimate of drug-likeness (QED) is 0.375. The van der Waals surface area contributed by atoms with E-state index in [9.17, 15) is 9.36 Å². The van der Waals surface area contributed by atoms with Gasteiger partial charge in [0.1, 0.15) is 12.8 Å². The molecule has 13 heavy (non-hydrogen) atoms. The molecule has 0 aromatic carbocycles. The van der Waals surface area contributed by atoms with Gasteiger partial charge in [0.2, 0.25) is 0 Å². The van der Waals surface area contributed by atoms with Crippen LogP contribution in [0.5, 0.6) is 0 Å². The zero-order chi connectivity index (χ0) is 10.3. The van der Waals surface area contributed by atoms with Gasteiger partial charge in [-0.1, -0.05) is 5.92 Å². The van der Waals surface area contributed by atoms with Crippen LogP contribution in [0.3, 0.4) is 0 Å². The lowest BCUT2D eigenvalue weighted by atomic mass is 10.8. The first-order valence-electron chi connectivity index (χ1n) is 3.37. The summed E-state index contributed by atoms with van der Waals surface area (Å²) >= 11 is 0. The SMILES string of the molecule is C#CCOP(=O)(CC(=O)OC)OC. The Labute approximate surface area is 76.9 Å². The first kappa shape index (κ1) is 12.2. The van der Waals surface area contributed by atoms with Gasteiger partial charge in [0.15, 0.2) is 0 Å². The molecule has 0 amide bonds. The fourth-order valence-electron chi connectivity index (χ4n) is 0.521. The van der Waals surface area contributed by atoms with Crippen molar-refractivity contribution in [3.63, 3.8) is 0 Å². The van der Waals surface area contributed by atoms with Crippen LogP contribution in [0.25, 0.3) is 0 Å². The predicted molar refractivity (Wildman–Crippen MR) is 46.3 cm³/mol. The molecule has 1 unspecified atom stereocenters. The summed E-state index contributed by atoms with van der Waals surface area (Å²) in [5.74, 6) is 1.46. The number of methoxy groups -OCH3 is 1. The molecule has 0 aliphatic carbocycles. The van der Waals surface area contributed by atoms with Gasteiger partial charge in [-0.3, -0.25) is 13.9 Å². The number of hydrogen-bond donors (Lipinski definition) is 0. The molecule has 0 aromatic heterocycles. The van der Waals surface area contributed by atoms with Crippen LogP contribution in [0.1, 0.15) is 0 Å². The second kappa shape index (κ2) is 5.76. The molecule has 1 atom stereocenters. The monoisotopic (exact) mass is 206 g/mol. The molecule has 0 aliphatic heterocycles. The largest absolute Gasteiger partial charge is 0.469 e. The van der Waals surface area contributed by atoms with Gasteiger partial charge in [-0.25, -0.2) is 0 Å². The van der Waals surface area contributed by atoms with Gasteiger partial charge < -0.3 is 9.26 Å². The Morgan fingerprint density at radius 3 is 2.54 bits per heavy atom. The number of terminal acetylenes is 1. The second-order valence-corrected chi connectivity index (χ2v) is 4.17. The van der Waals surface area contributed by atoms with Gasteiger partial charge in [0.25, 0.3) is 0 Å². The van der Waals surface area contributed by atoms with Gasteiger partial charge >= 0.3 is 13.6 Å². The van der Waals surface area contributed by atoms with E-state index in [1.54, 1.807) is 0 Å². The molecule has 0 saturated carbocycles. The minimum atomic E-state index is -3.41. The zero-order valence-corrected chi connectivity index (χ0v) is 8.37. The van der Waals surface area contributed by atoms with E-state index in [0.29, 0.717) is 0 Å². The van der Waals surface area contributed by atoms with E-state index >= 15 is 0 Å². The lowest BCUT2D eigenvalue weighted by molar-refractivity contribution is -0.137. The Balaban J connectivity index is 4.21. The summed E-state index contributed by atoms with van der Waals surface area (Å²) in [6.45, 7) is -0.165. The van der Waals surface area contributed by atoms with Crippen LogP contribution >= 0.6 is 7.60 Å². The molecule has 0 N–H and O–H groups in total. The van der Waals surface area contributed by atoms with E-state index in [0.717, 1.165) is 0 Å². The maximum atomic E-state index is 11.5. The molecule has 0 aliphatic rings. The topological polar surface area (TPSA) is 61.8 Å². The van der Waals surface area contributed by atoms with Crippen LogP contribution in [-0.4, -0.2) is 33.0 Å². The summed E-state index contributed by atoms with van der Waals surface area (Å²) in [4.78, 5) is 10.7. The summed E-state index contributed by atoms with van der Waals surface area (Å²) in [6.07, 6.45) is 4.46. The lowest BCUT2D eigenvalue weighted by Gasteiger charge is -2.12. The van der Waals surface area contributed by atoms with Crippen molar-refractivity contribution in [3.05, 3.63) is 0 Å². The third-order valence-corrected chi connectivity index (χ3v) is 2.90. The number of carbonyl (C=O) groups excluding carboxylic acids is 1. The maximum absolute atomic E-state index is 11.5. The molecule has 0 rings (SSSR count). The smallest absolute Gasteiger partial charge is 0.342 e. The first-order valence-corrected chi connectivity index (χ1v) is 5.10. The van der Waals surface area contributed by atoms with Crippen molar-refractivity contribution in [1.82, 2.24) is 0 Å². The van der Waals surface area contributed by atoms with Gasteiger partial charge in [0, 0.05) is 7.11 Å². The summed E-state index contributed by atoms with van der Waals surface area (Å²) in [7, 11) is -1.04. The minimum Gasteiger partial charge on any atom is -0.469 e. The highest BCUT2D eigenvalue weighted by Crippen LogP contribution is 2.46. The number of rotatable bonds is 5. The fourth-order valence-corrected chi connectivity index (χ4v) is 1.56. The number of esters is 1. The summed E-state index contributed by atoms with van der Waals surface area (Å²) in [5, 5.41) is 0. The van der Waals surface area contributed by atoms with Crippen molar-refractivity contribution in [2.24, 2.45) is 0 Å². The Morgan fingerprint density at radius 1 is 1.54 bits per heavy atom. The standard InChI is InChI=1S/C7H11O5P/c1-4-5-12-13(9,11-3)6-7(8)10-2/h1H,5-6H2,2-3H3. The van der Waals surface area contributed by atoms with Crippen molar-refractivity contribution in [2.75, 3.05) is 27.0 Å². The highest BCUT2D eigenvalue weighted by atomic mass is 31.2. The van der Waals surface area contributed by atoms with Gasteiger partial charge in [-0.15, -0.1) is 6.42 Å². The molecule has 0 radical (unpaired) electrons. The number of carbonyl (C=O) groups is 1. The van der Waals surface area contributed by atoms with Crippen LogP contribution in [0.4, 0.5) is 0 Å². The third-order valence-electron chi connectivity index (χ3n) is 1.17. The highest BCUT2D eigenvalue weighted by Gasteiger charge is 2.27. The predicted octanol–water partition coefficient (Wildman–Crippen LogP) is 0.649. The molecule has 0 fully saturated rings. The number of hydrogen-bond acceptors (Lipinski definition) is 5. The minimum absolute atomic E-state index is 0.165. The van der Waals surface area contributed by atoms with Gasteiger partial charge in [-0.05, 0) is 0 Å². The van der Waals surface area contributed by atoms with Crippen molar-refractivity contribution in [1.29, 1.82) is 0 Å². The zero-order valence-electron chi connectivity index (χ0n) is 7.48. The number of ether oxygens (including phenoxy) is 1. The highest BCUT2D eigenvalue weighted by molar-refractivity contribution is 7.54. The molecular formula is C7H11O5P. The van der Waals surface area contributed by atoms with Crippen molar-refractivity contribution in [2.45, 2.75) is 0 Å². The molecule has 0 saturated heterocycles. The van der Waals surface area contributed by atoms with Crippen LogP contribution in [-0.2, 0) is 23.1 Å². The Hall–Kier alpha value is -0.820. The van der Waals surface area contributed by atoms with E-state index in [1.807, 2.05) is 0 Å². The maximum Gasteiger partial charge on any atom is 0.342 e. The summed E-state index contributed by atoms with van der Waals surface area (Å²) in [6, 6.07) is 0. The molecule has 0 spiro atoms. The van der Waals surface area contributed by atoms with E-state index in [1.165, 1.54) is 14.2 Å². The molecule has 74 valence electrons. The Morgan fingerprint density at radius 2 is 2.15 bits per heavy atom. The average Bonchev–Trinajstić information content (AvgIpc) is 2.14. The van der Waals surface area contributed by atoms with Crippen molar-refractivity contribution in [3.8, 4) is 12.3 Å². The molecular weight excluding hydrogens is 195 g/mol. The van der Waals surface area contributed by atoms with E-state index in [2.05, 4.69) is 15.2 Å². The molecule has 5 nitrogen and oxygen atoms in total. The van der Waals surface area contributed by atoms with Crippen molar-refractivity contribution >= 4 is 13.6 Å². The summed E-state index contributed by atoms with van der Waals surface area (Å²) in [5.41, 5.74) is 0. The molecule has 0 bridgehead atoms. The summed E-state index contributed by atoms with van der Waals surface area (Å²) < 4.78 is 25.0. The van der Waals surface area contributed by atoms with E-state index in [-0.39, 0.29) is 6.61 Å². The second-order valence-electron chi connectivity index (χ2n) is 2.01. The van der Waals surface area contributed by atoms with E-state index < -0.39 is 19.7 Å².